The van der Waals surface area contributed by atoms with Crippen LogP contribution in [0.5, 0.6) is 5.75 Å². The van der Waals surface area contributed by atoms with Gasteiger partial charge in [-0.3, -0.25) is 9.52 Å². The minimum atomic E-state index is -4.03. The maximum Gasteiger partial charge on any atom is 0.262 e. The Morgan fingerprint density at radius 3 is 2.50 bits per heavy atom. The van der Waals surface area contributed by atoms with Crippen LogP contribution in [0.2, 0.25) is 0 Å². The lowest BCUT2D eigenvalue weighted by atomic mass is 10.2. The first-order valence-electron chi connectivity index (χ1n) is 6.97. The predicted octanol–water partition coefficient (Wildman–Crippen LogP) is 2.90. The van der Waals surface area contributed by atoms with Crippen LogP contribution in [0.25, 0.3) is 0 Å². The van der Waals surface area contributed by atoms with Crippen LogP contribution in [0.4, 0.5) is 15.8 Å². The third-order valence-electron chi connectivity index (χ3n) is 3.20. The number of amides is 1. The SMILES string of the molecule is COc1ccc(NC(C)=O)cc1NS(=O)(=O)c1cc(F)ccc1C. The Hall–Kier alpha value is -2.61. The summed E-state index contributed by atoms with van der Waals surface area (Å²) in [4.78, 5) is 11.0. The van der Waals surface area contributed by atoms with E-state index in [4.69, 9.17) is 4.74 Å². The molecule has 0 aliphatic heterocycles. The Morgan fingerprint density at radius 1 is 1.17 bits per heavy atom. The van der Waals surface area contributed by atoms with Gasteiger partial charge in [0.05, 0.1) is 17.7 Å². The van der Waals surface area contributed by atoms with Crippen molar-refractivity contribution in [2.75, 3.05) is 17.1 Å². The molecule has 2 N–H and O–H groups in total. The molecule has 0 bridgehead atoms. The molecule has 0 atom stereocenters. The minimum Gasteiger partial charge on any atom is -0.495 e. The molecule has 0 saturated carbocycles. The molecule has 128 valence electrons. The first-order chi connectivity index (χ1) is 11.2. The van der Waals surface area contributed by atoms with E-state index in [0.717, 1.165) is 6.07 Å². The quantitative estimate of drug-likeness (QED) is 0.866. The molecule has 0 saturated heterocycles. The summed E-state index contributed by atoms with van der Waals surface area (Å²) in [7, 11) is -2.64. The number of aryl methyl sites for hydroxylation is 1. The number of benzene rings is 2. The van der Waals surface area contributed by atoms with Gasteiger partial charge in [-0.15, -0.1) is 0 Å². The van der Waals surface area contributed by atoms with Gasteiger partial charge in [-0.25, -0.2) is 12.8 Å². The van der Waals surface area contributed by atoms with Gasteiger partial charge in [0.25, 0.3) is 10.0 Å². The van der Waals surface area contributed by atoms with E-state index < -0.39 is 15.8 Å². The predicted molar refractivity (Wildman–Crippen MR) is 89.2 cm³/mol. The first kappa shape index (κ1) is 17.7. The Labute approximate surface area is 139 Å². The Morgan fingerprint density at radius 2 is 1.88 bits per heavy atom. The normalized spacial score (nSPS) is 11.0. The van der Waals surface area contributed by atoms with Gasteiger partial charge in [0, 0.05) is 12.6 Å². The molecule has 2 aromatic rings. The van der Waals surface area contributed by atoms with Gasteiger partial charge in [0.1, 0.15) is 11.6 Å². The van der Waals surface area contributed by atoms with Gasteiger partial charge in [0.15, 0.2) is 0 Å². The molecule has 2 aromatic carbocycles. The van der Waals surface area contributed by atoms with Crippen LogP contribution in [-0.4, -0.2) is 21.4 Å². The number of ether oxygens (including phenoxy) is 1. The third kappa shape index (κ3) is 4.02. The number of rotatable bonds is 5. The van der Waals surface area contributed by atoms with Crippen molar-refractivity contribution in [1.82, 2.24) is 0 Å². The molecule has 0 spiro atoms. The van der Waals surface area contributed by atoms with Gasteiger partial charge in [-0.1, -0.05) is 6.07 Å². The second-order valence-corrected chi connectivity index (χ2v) is 6.76. The second kappa shape index (κ2) is 6.88. The summed E-state index contributed by atoms with van der Waals surface area (Å²) in [5, 5.41) is 2.55. The van der Waals surface area contributed by atoms with E-state index in [0.29, 0.717) is 11.3 Å². The van der Waals surface area contributed by atoms with Crippen molar-refractivity contribution in [3.8, 4) is 5.75 Å². The zero-order valence-electron chi connectivity index (χ0n) is 13.4. The highest BCUT2D eigenvalue weighted by Crippen LogP contribution is 2.30. The maximum absolute atomic E-state index is 13.4. The molecule has 0 aliphatic rings. The van der Waals surface area contributed by atoms with E-state index in [2.05, 4.69) is 10.0 Å². The molecule has 0 heterocycles. The van der Waals surface area contributed by atoms with Gasteiger partial charge in [0.2, 0.25) is 5.91 Å². The van der Waals surface area contributed by atoms with Gasteiger partial charge in [-0.05, 0) is 42.8 Å². The number of hydrogen-bond donors (Lipinski definition) is 2. The third-order valence-corrected chi connectivity index (χ3v) is 4.71. The molecular weight excluding hydrogens is 335 g/mol. The molecule has 0 radical (unpaired) electrons. The molecule has 0 fully saturated rings. The van der Waals surface area contributed by atoms with Crippen molar-refractivity contribution in [3.05, 3.63) is 47.8 Å². The number of carbonyl (C=O) groups excluding carboxylic acids is 1. The molecule has 1 amide bonds. The van der Waals surface area contributed by atoms with Crippen molar-refractivity contribution in [3.63, 3.8) is 0 Å². The average molecular weight is 352 g/mol. The summed E-state index contributed by atoms with van der Waals surface area (Å²) in [5.74, 6) is -0.684. The number of anilines is 2. The molecule has 24 heavy (non-hydrogen) atoms. The van der Waals surface area contributed by atoms with Crippen LogP contribution in [-0.2, 0) is 14.8 Å². The van der Waals surface area contributed by atoms with Crippen molar-refractivity contribution in [1.29, 1.82) is 0 Å². The molecular formula is C16H17FN2O4S. The van der Waals surface area contributed by atoms with Crippen LogP contribution < -0.4 is 14.8 Å². The second-order valence-electron chi connectivity index (χ2n) is 5.11. The summed E-state index contributed by atoms with van der Waals surface area (Å²) in [6.07, 6.45) is 0. The van der Waals surface area contributed by atoms with Crippen LogP contribution in [0.15, 0.2) is 41.3 Å². The summed E-state index contributed by atoms with van der Waals surface area (Å²) in [5.41, 5.74) is 0.935. The fourth-order valence-electron chi connectivity index (χ4n) is 2.13. The summed E-state index contributed by atoms with van der Waals surface area (Å²) in [6.45, 7) is 2.91. The van der Waals surface area contributed by atoms with E-state index in [-0.39, 0.29) is 22.2 Å². The lowest BCUT2D eigenvalue weighted by Gasteiger charge is -2.14. The standard InChI is InChI=1S/C16H17FN2O4S/c1-10-4-5-12(17)8-16(10)24(21,22)19-14-9-13(18-11(2)20)6-7-15(14)23-3/h4-9,19H,1-3H3,(H,18,20). The topological polar surface area (TPSA) is 84.5 Å². The number of halogens is 1. The fraction of sp³-hybridized carbons (Fsp3) is 0.188. The van der Waals surface area contributed by atoms with Crippen LogP contribution in [0.3, 0.4) is 0 Å². The highest BCUT2D eigenvalue weighted by atomic mass is 32.2. The minimum absolute atomic E-state index is 0.132. The van der Waals surface area contributed by atoms with Crippen molar-refractivity contribution in [2.45, 2.75) is 18.7 Å². The van der Waals surface area contributed by atoms with Crippen molar-refractivity contribution in [2.24, 2.45) is 0 Å². The largest absolute Gasteiger partial charge is 0.495 e. The van der Waals surface area contributed by atoms with E-state index in [1.807, 2.05) is 0 Å². The number of methoxy groups -OCH3 is 1. The molecule has 0 unspecified atom stereocenters. The smallest absolute Gasteiger partial charge is 0.262 e. The lowest BCUT2D eigenvalue weighted by Crippen LogP contribution is -2.15. The first-order valence-corrected chi connectivity index (χ1v) is 8.46. The summed E-state index contributed by atoms with van der Waals surface area (Å²) in [6, 6.07) is 8.03. The van der Waals surface area contributed by atoms with Crippen LogP contribution >= 0.6 is 0 Å². The lowest BCUT2D eigenvalue weighted by molar-refractivity contribution is -0.114. The number of nitrogens with one attached hydrogen (secondary N) is 2. The molecule has 2 rings (SSSR count). The number of carbonyl (C=O) groups is 1. The van der Waals surface area contributed by atoms with Crippen molar-refractivity contribution >= 4 is 27.3 Å². The maximum atomic E-state index is 13.4. The highest BCUT2D eigenvalue weighted by molar-refractivity contribution is 7.92. The molecule has 0 aromatic heterocycles. The monoisotopic (exact) mass is 352 g/mol. The zero-order chi connectivity index (χ0) is 17.9. The summed E-state index contributed by atoms with van der Waals surface area (Å²) < 4.78 is 46.0. The van der Waals surface area contributed by atoms with E-state index >= 15 is 0 Å². The summed E-state index contributed by atoms with van der Waals surface area (Å²) >= 11 is 0. The Bertz CT molecular complexity index is 882. The zero-order valence-corrected chi connectivity index (χ0v) is 14.2. The van der Waals surface area contributed by atoms with Crippen LogP contribution in [0, 0.1) is 12.7 Å². The van der Waals surface area contributed by atoms with Crippen LogP contribution in [0.1, 0.15) is 12.5 Å². The average Bonchev–Trinajstić information content (AvgIpc) is 2.49. The van der Waals surface area contributed by atoms with Gasteiger partial charge < -0.3 is 10.1 Å². The number of hydrogen-bond acceptors (Lipinski definition) is 4. The van der Waals surface area contributed by atoms with E-state index in [1.165, 1.54) is 38.3 Å². The molecule has 8 heteroatoms. The Balaban J connectivity index is 2.44. The molecule has 0 aliphatic carbocycles. The van der Waals surface area contributed by atoms with E-state index in [1.54, 1.807) is 13.0 Å². The van der Waals surface area contributed by atoms with Crippen molar-refractivity contribution < 1.29 is 22.3 Å². The highest BCUT2D eigenvalue weighted by Gasteiger charge is 2.20. The van der Waals surface area contributed by atoms with E-state index in [9.17, 15) is 17.6 Å². The fourth-order valence-corrected chi connectivity index (χ4v) is 3.45. The van der Waals surface area contributed by atoms with Gasteiger partial charge in [-0.2, -0.15) is 0 Å². The molecule has 6 nitrogen and oxygen atoms in total. The number of sulfonamides is 1. The Kier molecular flexibility index (Phi) is 5.08. The van der Waals surface area contributed by atoms with Gasteiger partial charge >= 0.3 is 0 Å².